The molecule has 0 aliphatic carbocycles. The topological polar surface area (TPSA) is 24.6 Å². The van der Waals surface area contributed by atoms with Gasteiger partial charge in [-0.3, -0.25) is 0 Å². The lowest BCUT2D eigenvalue weighted by molar-refractivity contribution is 0.336. The molecule has 52 valence electrons. The van der Waals surface area contributed by atoms with E-state index in [9.17, 15) is 0 Å². The maximum Gasteiger partial charge on any atom is 0.309 e. The van der Waals surface area contributed by atoms with Crippen LogP contribution in [0, 0.1) is 6.07 Å². The first-order valence-electron chi connectivity index (χ1n) is 3.25. The molecule has 1 unspecified atom stereocenters. The first kappa shape index (κ1) is 7.04. The Morgan fingerprint density at radius 2 is 2.70 bits per heavy atom. The van der Waals surface area contributed by atoms with E-state index in [-0.39, 0.29) is 12.6 Å². The van der Waals surface area contributed by atoms with Crippen molar-refractivity contribution in [3.05, 3.63) is 29.1 Å². The van der Waals surface area contributed by atoms with Crippen LogP contribution in [0.15, 0.2) is 24.3 Å². The van der Waals surface area contributed by atoms with E-state index in [0.29, 0.717) is 0 Å². The van der Waals surface area contributed by atoms with Crippen molar-refractivity contribution in [3.8, 4) is 6.07 Å². The van der Waals surface area contributed by atoms with Crippen LogP contribution >= 0.6 is 0 Å². The van der Waals surface area contributed by atoms with Gasteiger partial charge in [-0.05, 0) is 0 Å². The zero-order valence-corrected chi connectivity index (χ0v) is 5.75. The summed E-state index contributed by atoms with van der Waals surface area (Å²) in [7, 11) is 0. The Balaban J connectivity index is 2.52. The largest absolute Gasteiger partial charge is 0.391 e. The molecule has 10 heavy (non-hydrogen) atoms. The van der Waals surface area contributed by atoms with Gasteiger partial charge in [-0.1, -0.05) is 10.9 Å². The molecule has 0 saturated heterocycles. The third-order valence-corrected chi connectivity index (χ3v) is 1.35. The number of aliphatic hydroxyl groups is 1. The van der Waals surface area contributed by atoms with Gasteiger partial charge in [0.15, 0.2) is 0 Å². The summed E-state index contributed by atoms with van der Waals surface area (Å²) in [5.74, 6) is 0. The molecule has 0 aromatic heterocycles. The smallest absolute Gasteiger partial charge is 0.309 e. The molecule has 0 aromatic carbocycles. The Morgan fingerprint density at radius 1 is 1.90 bits per heavy atom. The number of aliphatic hydroxyl groups excluding tert-OH is 1. The third kappa shape index (κ3) is 1.46. The molecule has 0 spiro atoms. The van der Waals surface area contributed by atoms with Gasteiger partial charge in [0.25, 0.3) is 6.04 Å². The van der Waals surface area contributed by atoms with E-state index in [0.717, 1.165) is 12.0 Å². The second-order valence-electron chi connectivity index (χ2n) is 2.18. The van der Waals surface area contributed by atoms with Gasteiger partial charge in [-0.2, -0.15) is 0 Å². The van der Waals surface area contributed by atoms with Gasteiger partial charge in [0, 0.05) is 12.5 Å². The van der Waals surface area contributed by atoms with E-state index in [1.807, 2.05) is 12.2 Å². The molecule has 1 aliphatic heterocycles. The minimum atomic E-state index is 0.0388. The molecule has 0 saturated carbocycles. The lowest BCUT2D eigenvalue weighted by atomic mass is 10.2. The van der Waals surface area contributed by atoms with Crippen LogP contribution in [0.3, 0.4) is 0 Å². The third-order valence-electron chi connectivity index (χ3n) is 1.35. The molecule has 0 fully saturated rings. The van der Waals surface area contributed by atoms with E-state index < -0.39 is 0 Å². The van der Waals surface area contributed by atoms with Crippen molar-refractivity contribution in [1.29, 1.82) is 0 Å². The summed E-state index contributed by atoms with van der Waals surface area (Å²) in [5, 5.41) is 8.64. The fourth-order valence-electron chi connectivity index (χ4n) is 0.852. The van der Waals surface area contributed by atoms with Crippen LogP contribution in [0.4, 0.5) is 0 Å². The van der Waals surface area contributed by atoms with Crippen molar-refractivity contribution in [2.45, 2.75) is 12.5 Å². The molecule has 1 aliphatic rings. The molecular formula is C8H10NO+. The zero-order valence-electron chi connectivity index (χ0n) is 5.75. The van der Waals surface area contributed by atoms with Crippen molar-refractivity contribution in [2.24, 2.45) is 0 Å². The van der Waals surface area contributed by atoms with Gasteiger partial charge in [0.2, 0.25) is 0 Å². The zero-order chi connectivity index (χ0) is 7.40. The molecule has 0 amide bonds. The van der Waals surface area contributed by atoms with E-state index in [2.05, 4.69) is 17.5 Å². The van der Waals surface area contributed by atoms with Crippen LogP contribution in [-0.4, -0.2) is 17.8 Å². The summed E-state index contributed by atoms with van der Waals surface area (Å²) in [4.78, 5) is 4.00. The maximum atomic E-state index is 8.64. The van der Waals surface area contributed by atoms with Crippen LogP contribution in [0.5, 0.6) is 0 Å². The summed E-state index contributed by atoms with van der Waals surface area (Å²) in [6.45, 7) is 3.63. The highest BCUT2D eigenvalue weighted by Gasteiger charge is 2.19. The predicted octanol–water partition coefficient (Wildman–Crippen LogP) is 1.20. The van der Waals surface area contributed by atoms with Gasteiger partial charge in [0.1, 0.15) is 5.57 Å². The molecule has 0 aromatic rings. The highest BCUT2D eigenvalue weighted by molar-refractivity contribution is 5.35. The molecule has 1 atom stereocenters. The van der Waals surface area contributed by atoms with Crippen LogP contribution in [-0.2, 0) is 0 Å². The van der Waals surface area contributed by atoms with E-state index in [1.165, 1.54) is 0 Å². The first-order valence-corrected chi connectivity index (χ1v) is 3.25. The van der Waals surface area contributed by atoms with Gasteiger partial charge in [0.05, 0.1) is 6.61 Å². The summed E-state index contributed by atoms with van der Waals surface area (Å²) in [5.41, 5.74) is 0.784. The lowest BCUT2D eigenvalue weighted by Crippen LogP contribution is -1.93. The monoisotopic (exact) mass is 136 g/mol. The van der Waals surface area contributed by atoms with E-state index in [4.69, 9.17) is 5.11 Å². The second-order valence-corrected chi connectivity index (χ2v) is 2.18. The van der Waals surface area contributed by atoms with Crippen LogP contribution < -0.4 is 0 Å². The van der Waals surface area contributed by atoms with Gasteiger partial charge >= 0.3 is 6.07 Å². The first-order chi connectivity index (χ1) is 4.86. The van der Waals surface area contributed by atoms with Gasteiger partial charge in [-0.15, -0.1) is 6.58 Å². The summed E-state index contributed by atoms with van der Waals surface area (Å²) in [6, 6.07) is 2.90. The van der Waals surface area contributed by atoms with E-state index >= 15 is 0 Å². The quantitative estimate of drug-likeness (QED) is 0.579. The summed E-state index contributed by atoms with van der Waals surface area (Å²) >= 11 is 0. The number of hydrogen-bond donors (Lipinski definition) is 1. The molecule has 1 rings (SSSR count). The van der Waals surface area contributed by atoms with E-state index in [1.54, 1.807) is 0 Å². The van der Waals surface area contributed by atoms with Crippen molar-refractivity contribution >= 4 is 0 Å². The molecule has 0 radical (unpaired) electrons. The standard InChI is InChI=1S/C8H10NO/c1-2-3-8-4-7(6-10)5-9-8/h2,4,8,10H,1,3,6H2/q+1. The number of nitrogens with zero attached hydrogens (tertiary/aromatic N) is 1. The number of rotatable bonds is 3. The summed E-state index contributed by atoms with van der Waals surface area (Å²) in [6.07, 6.45) is 4.55. The van der Waals surface area contributed by atoms with Crippen LogP contribution in [0.25, 0.3) is 4.85 Å². The van der Waals surface area contributed by atoms with Crippen LogP contribution in [0.2, 0.25) is 0 Å². The molecule has 2 heteroatoms. The van der Waals surface area contributed by atoms with Gasteiger partial charge < -0.3 is 5.11 Å². The van der Waals surface area contributed by atoms with Crippen molar-refractivity contribution in [1.82, 2.24) is 0 Å². The Bertz CT molecular complexity index is 219. The fraction of sp³-hybridized carbons (Fsp3) is 0.375. The highest BCUT2D eigenvalue weighted by Crippen LogP contribution is 2.10. The average molecular weight is 136 g/mol. The highest BCUT2D eigenvalue weighted by atomic mass is 16.3. The Morgan fingerprint density at radius 3 is 3.20 bits per heavy atom. The fourth-order valence-corrected chi connectivity index (χ4v) is 0.852. The predicted molar refractivity (Wildman–Crippen MR) is 41.0 cm³/mol. The Hall–Kier alpha value is -1.07. The summed E-state index contributed by atoms with van der Waals surface area (Å²) < 4.78 is 0. The molecule has 2 nitrogen and oxygen atoms in total. The Labute approximate surface area is 60.3 Å². The Kier molecular flexibility index (Phi) is 2.24. The molecular weight excluding hydrogens is 126 g/mol. The molecule has 1 N–H and O–H groups in total. The maximum absolute atomic E-state index is 8.64. The molecule has 1 heterocycles. The lowest BCUT2D eigenvalue weighted by Gasteiger charge is -1.83. The van der Waals surface area contributed by atoms with Crippen molar-refractivity contribution < 1.29 is 5.11 Å². The molecule has 0 bridgehead atoms. The van der Waals surface area contributed by atoms with Crippen LogP contribution in [0.1, 0.15) is 6.42 Å². The SMILES string of the molecule is C=CCC1C=C(CO)C#[N+]1. The average Bonchev–Trinajstić information content (AvgIpc) is 2.37. The normalized spacial score (nSPS) is 21.3. The van der Waals surface area contributed by atoms with Crippen molar-refractivity contribution in [2.75, 3.05) is 6.61 Å². The minimum Gasteiger partial charge on any atom is -0.391 e. The second kappa shape index (κ2) is 3.19. The van der Waals surface area contributed by atoms with Gasteiger partial charge in [-0.25, -0.2) is 0 Å². The van der Waals surface area contributed by atoms with Crippen molar-refractivity contribution in [3.63, 3.8) is 0 Å². The number of hydrogen-bond acceptors (Lipinski definition) is 1. The minimum absolute atomic E-state index is 0.0388.